The number of fused-ring (bicyclic) bond motifs is 5. The number of piperidine rings is 1. The van der Waals surface area contributed by atoms with E-state index in [-0.39, 0.29) is 36.5 Å². The maximum absolute atomic E-state index is 14.8. The van der Waals surface area contributed by atoms with E-state index in [0.717, 1.165) is 12.8 Å². The Morgan fingerprint density at radius 1 is 0.971 bits per heavy atom. The average molecular weight is 458 g/mol. The van der Waals surface area contributed by atoms with E-state index in [0.29, 0.717) is 24.0 Å². The Hall–Kier alpha value is -3.18. The van der Waals surface area contributed by atoms with Crippen LogP contribution in [0.4, 0.5) is 9.18 Å². The van der Waals surface area contributed by atoms with Gasteiger partial charge in [-0.1, -0.05) is 66.7 Å². The number of aryl methyl sites for hydroxylation is 1. The molecule has 6 rings (SSSR count). The first-order chi connectivity index (χ1) is 16.5. The second kappa shape index (κ2) is 7.95. The molecule has 174 valence electrons. The van der Waals surface area contributed by atoms with Crippen LogP contribution in [-0.4, -0.2) is 34.8 Å². The van der Waals surface area contributed by atoms with Crippen molar-refractivity contribution in [3.63, 3.8) is 0 Å². The molecule has 0 radical (unpaired) electrons. The Morgan fingerprint density at radius 3 is 2.18 bits per heavy atom. The normalized spacial score (nSPS) is 25.2. The molecule has 2 fully saturated rings. The lowest BCUT2D eigenvalue weighted by molar-refractivity contribution is -0.0551. The first kappa shape index (κ1) is 21.4. The maximum Gasteiger partial charge on any atom is 0.410 e. The van der Waals surface area contributed by atoms with Gasteiger partial charge in [0.25, 0.3) is 0 Å². The number of halogens is 1. The average Bonchev–Trinajstić information content (AvgIpc) is 3.31. The number of amides is 1. The number of carbonyl (C=O) groups excluding carboxylic acids is 1. The quantitative estimate of drug-likeness (QED) is 0.533. The van der Waals surface area contributed by atoms with Crippen LogP contribution < -0.4 is 0 Å². The minimum absolute atomic E-state index is 0.0112. The van der Waals surface area contributed by atoms with E-state index in [4.69, 9.17) is 4.74 Å². The molecule has 2 unspecified atom stereocenters. The lowest BCUT2D eigenvalue weighted by Gasteiger charge is -2.43. The Labute approximate surface area is 199 Å². The largest absolute Gasteiger partial charge is 0.448 e. The van der Waals surface area contributed by atoms with Gasteiger partial charge in [0.15, 0.2) is 0 Å². The van der Waals surface area contributed by atoms with Crippen LogP contribution in [0.1, 0.15) is 53.9 Å². The van der Waals surface area contributed by atoms with E-state index in [1.807, 2.05) is 24.3 Å². The number of nitrogens with zero attached hydrogens (tertiary/aromatic N) is 1. The molecule has 3 aromatic rings. The summed E-state index contributed by atoms with van der Waals surface area (Å²) in [5.41, 5.74) is 4.37. The van der Waals surface area contributed by atoms with Gasteiger partial charge >= 0.3 is 6.09 Å². The van der Waals surface area contributed by atoms with Crippen molar-refractivity contribution in [3.05, 3.63) is 94.8 Å². The van der Waals surface area contributed by atoms with E-state index in [1.165, 1.54) is 22.3 Å². The molecule has 2 atom stereocenters. The molecular formula is C29H28FNO3. The Morgan fingerprint density at radius 2 is 1.56 bits per heavy atom. The summed E-state index contributed by atoms with van der Waals surface area (Å²) in [5, 5.41) is 11.4. The highest BCUT2D eigenvalue weighted by atomic mass is 19.1. The molecule has 3 aliphatic rings. The molecule has 1 amide bonds. The zero-order valence-electron chi connectivity index (χ0n) is 19.2. The van der Waals surface area contributed by atoms with Gasteiger partial charge < -0.3 is 14.7 Å². The fraction of sp³-hybridized carbons (Fsp3) is 0.345. The molecule has 3 aromatic carbocycles. The van der Waals surface area contributed by atoms with Crippen LogP contribution in [0.3, 0.4) is 0 Å². The Bertz CT molecular complexity index is 1210. The van der Waals surface area contributed by atoms with Crippen molar-refractivity contribution in [1.82, 2.24) is 4.90 Å². The van der Waals surface area contributed by atoms with Gasteiger partial charge in [0.05, 0.1) is 5.60 Å². The van der Waals surface area contributed by atoms with Gasteiger partial charge in [-0.3, -0.25) is 0 Å². The number of aliphatic hydroxyl groups is 1. The molecule has 1 N–H and O–H groups in total. The highest BCUT2D eigenvalue weighted by molar-refractivity contribution is 5.79. The topological polar surface area (TPSA) is 49.8 Å². The van der Waals surface area contributed by atoms with Crippen molar-refractivity contribution in [2.45, 2.75) is 56.2 Å². The van der Waals surface area contributed by atoms with Crippen LogP contribution in [0.25, 0.3) is 11.1 Å². The summed E-state index contributed by atoms with van der Waals surface area (Å²) < 4.78 is 20.7. The Balaban J connectivity index is 1.20. The third-order valence-corrected chi connectivity index (χ3v) is 8.01. The molecule has 4 nitrogen and oxygen atoms in total. The molecule has 2 bridgehead atoms. The second-order valence-corrected chi connectivity index (χ2v) is 9.97. The number of hydrogen-bond acceptors (Lipinski definition) is 3. The summed E-state index contributed by atoms with van der Waals surface area (Å²) >= 11 is 0. The third-order valence-electron chi connectivity index (χ3n) is 8.01. The summed E-state index contributed by atoms with van der Waals surface area (Å²) in [6, 6.07) is 21.4. The van der Waals surface area contributed by atoms with Crippen molar-refractivity contribution < 1.29 is 19.0 Å². The summed E-state index contributed by atoms with van der Waals surface area (Å²) in [7, 11) is 0. The van der Waals surface area contributed by atoms with Gasteiger partial charge in [0, 0.05) is 36.4 Å². The molecule has 1 aliphatic carbocycles. The zero-order valence-corrected chi connectivity index (χ0v) is 19.2. The summed E-state index contributed by atoms with van der Waals surface area (Å²) in [5.74, 6) is -0.337. The number of hydrogen-bond donors (Lipinski definition) is 1. The van der Waals surface area contributed by atoms with Crippen LogP contribution in [-0.2, 0) is 10.3 Å². The zero-order chi connectivity index (χ0) is 23.4. The molecule has 2 aliphatic heterocycles. The lowest BCUT2D eigenvalue weighted by Crippen LogP contribution is -2.52. The van der Waals surface area contributed by atoms with Crippen LogP contribution in [0.5, 0.6) is 0 Å². The first-order valence-electron chi connectivity index (χ1n) is 12.1. The number of ether oxygens (including phenoxy) is 1. The molecular weight excluding hydrogens is 429 g/mol. The predicted molar refractivity (Wildman–Crippen MR) is 128 cm³/mol. The van der Waals surface area contributed by atoms with Crippen LogP contribution >= 0.6 is 0 Å². The van der Waals surface area contributed by atoms with Crippen molar-refractivity contribution in [3.8, 4) is 11.1 Å². The summed E-state index contributed by atoms with van der Waals surface area (Å²) in [4.78, 5) is 15.1. The number of rotatable bonds is 3. The molecule has 0 saturated carbocycles. The molecule has 5 heteroatoms. The van der Waals surface area contributed by atoms with E-state index in [1.54, 1.807) is 30.0 Å². The van der Waals surface area contributed by atoms with Gasteiger partial charge in [0.2, 0.25) is 0 Å². The van der Waals surface area contributed by atoms with E-state index in [9.17, 15) is 14.3 Å². The molecule has 2 saturated heterocycles. The van der Waals surface area contributed by atoms with E-state index >= 15 is 0 Å². The minimum Gasteiger partial charge on any atom is -0.448 e. The molecule has 0 spiro atoms. The highest BCUT2D eigenvalue weighted by Crippen LogP contribution is 2.48. The van der Waals surface area contributed by atoms with Crippen molar-refractivity contribution in [1.29, 1.82) is 0 Å². The monoisotopic (exact) mass is 457 g/mol. The third kappa shape index (κ3) is 3.25. The molecule has 0 aromatic heterocycles. The maximum atomic E-state index is 14.8. The number of carbonyl (C=O) groups is 1. The predicted octanol–water partition coefficient (Wildman–Crippen LogP) is 5.90. The Kier molecular flexibility index (Phi) is 4.99. The highest BCUT2D eigenvalue weighted by Gasteiger charge is 2.51. The SMILES string of the molecule is Cc1cccc(C2(O)CC3CCC(C2)N3C(=O)OCC2c3ccccc3-c3ccccc32)c1F. The fourth-order valence-electron chi connectivity index (χ4n) is 6.42. The summed E-state index contributed by atoms with van der Waals surface area (Å²) in [6.45, 7) is 1.99. The number of benzene rings is 3. The molecule has 2 heterocycles. The minimum atomic E-state index is -1.26. The van der Waals surface area contributed by atoms with Crippen LogP contribution in [0.2, 0.25) is 0 Å². The van der Waals surface area contributed by atoms with E-state index in [2.05, 4.69) is 24.3 Å². The smallest absolute Gasteiger partial charge is 0.410 e. The van der Waals surface area contributed by atoms with Crippen molar-refractivity contribution in [2.24, 2.45) is 0 Å². The van der Waals surface area contributed by atoms with Gasteiger partial charge in [-0.25, -0.2) is 9.18 Å². The fourth-order valence-corrected chi connectivity index (χ4v) is 6.42. The van der Waals surface area contributed by atoms with Crippen molar-refractivity contribution in [2.75, 3.05) is 6.61 Å². The van der Waals surface area contributed by atoms with Gasteiger partial charge in [-0.2, -0.15) is 0 Å². The molecule has 34 heavy (non-hydrogen) atoms. The van der Waals surface area contributed by atoms with Crippen molar-refractivity contribution >= 4 is 6.09 Å². The van der Waals surface area contributed by atoms with E-state index < -0.39 is 5.60 Å². The van der Waals surface area contributed by atoms with Gasteiger partial charge in [0.1, 0.15) is 12.4 Å². The standard InChI is InChI=1S/C29H28FNO3/c1-18-7-6-12-26(27(18)30)29(33)15-19-13-14-20(16-29)31(19)28(32)34-17-25-23-10-4-2-8-21(23)22-9-3-5-11-24(22)25/h2-12,19-20,25,33H,13-17H2,1H3. The summed E-state index contributed by atoms with van der Waals surface area (Å²) in [6.07, 6.45) is 1.92. The van der Waals surface area contributed by atoms with Gasteiger partial charge in [-0.05, 0) is 47.6 Å². The lowest BCUT2D eigenvalue weighted by atomic mass is 9.80. The second-order valence-electron chi connectivity index (χ2n) is 9.97. The van der Waals surface area contributed by atoms with Gasteiger partial charge in [-0.15, -0.1) is 0 Å². The first-order valence-corrected chi connectivity index (χ1v) is 12.1. The van der Waals surface area contributed by atoms with Crippen LogP contribution in [0.15, 0.2) is 66.7 Å². The van der Waals surface area contributed by atoms with Crippen LogP contribution in [0, 0.1) is 12.7 Å².